The Labute approximate surface area is 140 Å². The third-order valence-electron chi connectivity index (χ3n) is 4.07. The van der Waals surface area contributed by atoms with Crippen LogP contribution in [0.4, 0.5) is 0 Å². The maximum Gasteiger partial charge on any atom is 0.125 e. The molecule has 1 aliphatic carbocycles. The van der Waals surface area contributed by atoms with Crippen molar-refractivity contribution in [3.05, 3.63) is 29.8 Å². The van der Waals surface area contributed by atoms with Crippen LogP contribution in [0.1, 0.15) is 32.3 Å². The minimum atomic E-state index is -1.22. The molecule has 0 aromatic heterocycles. The maximum atomic E-state index is 12.8. The fourth-order valence-electron chi connectivity index (χ4n) is 2.96. The van der Waals surface area contributed by atoms with E-state index < -0.39 is 15.0 Å². The first-order chi connectivity index (χ1) is 10.4. The fourth-order valence-corrected chi connectivity index (χ4v) is 5.47. The van der Waals surface area contributed by atoms with Crippen LogP contribution in [-0.2, 0) is 20.3 Å². The highest BCUT2D eigenvalue weighted by molar-refractivity contribution is 7.88. The van der Waals surface area contributed by atoms with E-state index in [-0.39, 0.29) is 5.41 Å². The lowest BCUT2D eigenvalue weighted by atomic mass is 9.69. The smallest absolute Gasteiger partial charge is 0.125 e. The second-order valence-corrected chi connectivity index (χ2v) is 8.83. The van der Waals surface area contributed by atoms with Crippen LogP contribution in [0, 0.1) is 12.3 Å². The van der Waals surface area contributed by atoms with E-state index in [0.717, 1.165) is 10.5 Å². The average molecular weight is 345 g/mol. The van der Waals surface area contributed by atoms with Crippen molar-refractivity contribution in [2.75, 3.05) is 26.4 Å². The van der Waals surface area contributed by atoms with Gasteiger partial charge in [0.1, 0.15) is 4.21 Å². The number of ether oxygens (including phenoxy) is 2. The van der Waals surface area contributed by atoms with Gasteiger partial charge in [-0.2, -0.15) is 0 Å². The van der Waals surface area contributed by atoms with Gasteiger partial charge < -0.3 is 9.47 Å². The van der Waals surface area contributed by atoms with Gasteiger partial charge in [0.2, 0.25) is 0 Å². The lowest BCUT2D eigenvalue weighted by Crippen LogP contribution is -2.55. The van der Waals surface area contributed by atoms with E-state index in [1.165, 1.54) is 0 Å². The molecule has 0 saturated heterocycles. The van der Waals surface area contributed by atoms with Crippen LogP contribution >= 0.6 is 11.6 Å². The molecule has 0 N–H and O–H groups in total. The molecule has 124 valence electrons. The van der Waals surface area contributed by atoms with E-state index in [9.17, 15) is 4.21 Å². The highest BCUT2D eigenvalue weighted by Crippen LogP contribution is 2.56. The van der Waals surface area contributed by atoms with Crippen LogP contribution in [-0.4, -0.2) is 34.8 Å². The second-order valence-electron chi connectivity index (χ2n) is 6.09. The van der Waals surface area contributed by atoms with E-state index in [4.69, 9.17) is 21.1 Å². The van der Waals surface area contributed by atoms with Crippen LogP contribution in [0.5, 0.6) is 0 Å². The van der Waals surface area contributed by atoms with E-state index in [1.54, 1.807) is 0 Å². The molecule has 0 spiro atoms. The van der Waals surface area contributed by atoms with Gasteiger partial charge in [-0.3, -0.25) is 4.21 Å². The van der Waals surface area contributed by atoms with Crippen molar-refractivity contribution < 1.29 is 13.7 Å². The molecule has 1 fully saturated rings. The number of hydrogen-bond donors (Lipinski definition) is 0. The predicted octanol–water partition coefficient (Wildman–Crippen LogP) is 3.89. The Bertz CT molecular complexity index is 499. The highest BCUT2D eigenvalue weighted by atomic mass is 35.5. The van der Waals surface area contributed by atoms with Gasteiger partial charge in [0.15, 0.2) is 0 Å². The summed E-state index contributed by atoms with van der Waals surface area (Å²) in [6.07, 6.45) is 1.31. The van der Waals surface area contributed by atoms with Crippen molar-refractivity contribution >= 4 is 22.4 Å². The number of benzene rings is 1. The quantitative estimate of drug-likeness (QED) is 0.671. The molecule has 22 heavy (non-hydrogen) atoms. The molecule has 5 heteroatoms. The molecule has 1 aromatic carbocycles. The summed E-state index contributed by atoms with van der Waals surface area (Å²) >= 11 is 6.66. The number of halogens is 1. The summed E-state index contributed by atoms with van der Waals surface area (Å²) in [4.78, 5) is 0.794. The Morgan fingerprint density at radius 3 is 2.05 bits per heavy atom. The molecule has 0 aliphatic heterocycles. The summed E-state index contributed by atoms with van der Waals surface area (Å²) in [6.45, 7) is 8.54. The first kappa shape index (κ1) is 17.9. The Hall–Kier alpha value is -0.420. The van der Waals surface area contributed by atoms with Crippen LogP contribution in [0.15, 0.2) is 29.2 Å². The largest absolute Gasteiger partial charge is 0.381 e. The van der Waals surface area contributed by atoms with Gasteiger partial charge in [-0.25, -0.2) is 0 Å². The third-order valence-corrected chi connectivity index (χ3v) is 6.41. The molecule has 0 heterocycles. The Balaban J connectivity index is 2.06. The minimum Gasteiger partial charge on any atom is -0.381 e. The summed E-state index contributed by atoms with van der Waals surface area (Å²) < 4.78 is 23.3. The molecule has 1 unspecified atom stereocenters. The number of hydrogen-bond acceptors (Lipinski definition) is 3. The van der Waals surface area contributed by atoms with Gasteiger partial charge in [-0.15, -0.1) is 11.6 Å². The Morgan fingerprint density at radius 2 is 1.59 bits per heavy atom. The summed E-state index contributed by atoms with van der Waals surface area (Å²) in [6, 6.07) is 7.75. The van der Waals surface area contributed by atoms with Crippen LogP contribution < -0.4 is 0 Å². The normalized spacial score (nSPS) is 20.4. The van der Waals surface area contributed by atoms with Crippen molar-refractivity contribution in [1.82, 2.24) is 0 Å². The van der Waals surface area contributed by atoms with Crippen molar-refractivity contribution in [3.8, 4) is 0 Å². The Morgan fingerprint density at radius 1 is 1.09 bits per heavy atom. The van der Waals surface area contributed by atoms with E-state index >= 15 is 0 Å². The summed E-state index contributed by atoms with van der Waals surface area (Å²) in [5.41, 5.74) is 1.05. The highest BCUT2D eigenvalue weighted by Gasteiger charge is 2.57. The van der Waals surface area contributed by atoms with Gasteiger partial charge in [0.05, 0.1) is 24.0 Å². The molecular weight excluding hydrogens is 320 g/mol. The molecule has 1 atom stereocenters. The monoisotopic (exact) mass is 344 g/mol. The molecule has 0 bridgehead atoms. The Kier molecular flexibility index (Phi) is 6.06. The van der Waals surface area contributed by atoms with Crippen molar-refractivity contribution in [1.29, 1.82) is 0 Å². The molecule has 2 rings (SSSR count). The molecule has 0 amide bonds. The summed E-state index contributed by atoms with van der Waals surface area (Å²) in [5, 5.41) is 0. The van der Waals surface area contributed by atoms with Crippen molar-refractivity contribution in [2.24, 2.45) is 5.41 Å². The molecule has 1 aromatic rings. The van der Waals surface area contributed by atoms with E-state index in [0.29, 0.717) is 39.3 Å². The summed E-state index contributed by atoms with van der Waals surface area (Å²) in [7, 11) is -1.22. The molecule has 3 nitrogen and oxygen atoms in total. The van der Waals surface area contributed by atoms with Crippen LogP contribution in [0.3, 0.4) is 0 Å². The minimum absolute atomic E-state index is 0.103. The SMILES string of the molecule is CCOCC1(COCC)CC(Cl)(S(=O)c2ccc(C)cc2)C1. The van der Waals surface area contributed by atoms with Crippen molar-refractivity contribution in [3.63, 3.8) is 0 Å². The maximum absolute atomic E-state index is 12.8. The van der Waals surface area contributed by atoms with E-state index in [2.05, 4.69) is 0 Å². The first-order valence-electron chi connectivity index (χ1n) is 7.78. The zero-order valence-electron chi connectivity index (χ0n) is 13.6. The van der Waals surface area contributed by atoms with Crippen LogP contribution in [0.25, 0.3) is 0 Å². The van der Waals surface area contributed by atoms with Gasteiger partial charge in [-0.1, -0.05) is 17.7 Å². The molecule has 1 aliphatic rings. The lowest BCUT2D eigenvalue weighted by molar-refractivity contribution is -0.0651. The van der Waals surface area contributed by atoms with Gasteiger partial charge >= 0.3 is 0 Å². The average Bonchev–Trinajstić information content (AvgIpc) is 2.49. The third kappa shape index (κ3) is 3.91. The fraction of sp³-hybridized carbons (Fsp3) is 0.647. The topological polar surface area (TPSA) is 35.5 Å². The zero-order chi connectivity index (χ0) is 16.2. The van der Waals surface area contributed by atoms with Gasteiger partial charge in [-0.05, 0) is 45.7 Å². The zero-order valence-corrected chi connectivity index (χ0v) is 15.1. The number of rotatable bonds is 8. The molecule has 1 saturated carbocycles. The number of alkyl halides is 1. The summed E-state index contributed by atoms with van der Waals surface area (Å²) in [5.74, 6) is 0. The van der Waals surface area contributed by atoms with Gasteiger partial charge in [0.25, 0.3) is 0 Å². The van der Waals surface area contributed by atoms with Crippen molar-refractivity contribution in [2.45, 2.75) is 42.7 Å². The first-order valence-corrected chi connectivity index (χ1v) is 9.30. The van der Waals surface area contributed by atoms with Crippen LogP contribution in [0.2, 0.25) is 0 Å². The molecular formula is C17H25ClO3S. The second kappa shape index (κ2) is 7.43. The lowest BCUT2D eigenvalue weighted by Gasteiger charge is -2.51. The predicted molar refractivity (Wildman–Crippen MR) is 90.8 cm³/mol. The van der Waals surface area contributed by atoms with E-state index in [1.807, 2.05) is 45.0 Å². The standard InChI is InChI=1S/C17H25ClO3S/c1-4-20-12-16(13-21-5-2)10-17(18,11-16)22(19)15-8-6-14(3)7-9-15/h6-9H,4-5,10-13H2,1-3H3. The number of aryl methyl sites for hydroxylation is 1. The van der Waals surface area contributed by atoms with Gasteiger partial charge in [0, 0.05) is 23.5 Å². The molecule has 0 radical (unpaired) electrons.